The highest BCUT2D eigenvalue weighted by molar-refractivity contribution is 6.05. The molecular weight excluding hydrogens is 372 g/mol. The number of hydrogen-bond donors (Lipinski definition) is 2. The molecule has 8 nitrogen and oxygen atoms in total. The van der Waals surface area contributed by atoms with Crippen LogP contribution in [0.1, 0.15) is 26.3 Å². The SMILES string of the molecule is COc1ccc(C(=O)Nc2cc(OC)nc(NC(=O)c3cccc(C)c3)n2)cc1. The minimum absolute atomic E-state index is 0.0147. The van der Waals surface area contributed by atoms with E-state index in [-0.39, 0.29) is 29.5 Å². The van der Waals surface area contributed by atoms with Gasteiger partial charge < -0.3 is 14.8 Å². The van der Waals surface area contributed by atoms with Crippen LogP contribution >= 0.6 is 0 Å². The fraction of sp³-hybridized carbons (Fsp3) is 0.143. The summed E-state index contributed by atoms with van der Waals surface area (Å²) in [5.74, 6) is 0.313. The molecule has 0 atom stereocenters. The number of rotatable bonds is 6. The van der Waals surface area contributed by atoms with E-state index in [9.17, 15) is 9.59 Å². The summed E-state index contributed by atoms with van der Waals surface area (Å²) in [6.45, 7) is 1.89. The highest BCUT2D eigenvalue weighted by Gasteiger charge is 2.13. The predicted octanol–water partition coefficient (Wildman–Crippen LogP) is 3.31. The summed E-state index contributed by atoms with van der Waals surface area (Å²) in [6, 6.07) is 15.2. The molecule has 8 heteroatoms. The van der Waals surface area contributed by atoms with Crippen molar-refractivity contribution in [3.63, 3.8) is 0 Å². The van der Waals surface area contributed by atoms with E-state index in [1.165, 1.54) is 13.2 Å². The molecular formula is C21H20N4O4. The molecule has 148 valence electrons. The standard InChI is InChI=1S/C21H20N4O4/c1-13-5-4-6-15(11-13)20(27)25-21-23-17(12-18(24-21)29-3)22-19(26)14-7-9-16(28-2)10-8-14/h4-12H,1-3H3,(H2,22,23,24,25,26,27). The van der Waals surface area contributed by atoms with E-state index in [1.54, 1.807) is 49.6 Å². The van der Waals surface area contributed by atoms with E-state index in [0.29, 0.717) is 16.9 Å². The molecule has 0 aliphatic heterocycles. The average molecular weight is 392 g/mol. The Morgan fingerprint density at radius 2 is 1.55 bits per heavy atom. The summed E-state index contributed by atoms with van der Waals surface area (Å²) in [4.78, 5) is 33.2. The molecule has 3 aromatic rings. The minimum atomic E-state index is -0.371. The Morgan fingerprint density at radius 3 is 2.21 bits per heavy atom. The lowest BCUT2D eigenvalue weighted by molar-refractivity contribution is 0.101. The van der Waals surface area contributed by atoms with Gasteiger partial charge in [-0.1, -0.05) is 17.7 Å². The van der Waals surface area contributed by atoms with Gasteiger partial charge in [-0.2, -0.15) is 9.97 Å². The van der Waals surface area contributed by atoms with Gasteiger partial charge in [0.2, 0.25) is 11.8 Å². The zero-order valence-electron chi connectivity index (χ0n) is 16.2. The molecule has 0 unspecified atom stereocenters. The average Bonchev–Trinajstić information content (AvgIpc) is 2.73. The van der Waals surface area contributed by atoms with Crippen molar-refractivity contribution in [2.75, 3.05) is 24.9 Å². The maximum Gasteiger partial charge on any atom is 0.258 e. The molecule has 0 saturated carbocycles. The van der Waals surface area contributed by atoms with Gasteiger partial charge in [-0.05, 0) is 43.3 Å². The first kappa shape index (κ1) is 19.8. The third-order valence-electron chi connectivity index (χ3n) is 4.01. The summed E-state index contributed by atoms with van der Waals surface area (Å²) in [6.07, 6.45) is 0. The fourth-order valence-corrected chi connectivity index (χ4v) is 2.54. The molecule has 2 amide bonds. The van der Waals surface area contributed by atoms with E-state index in [2.05, 4.69) is 20.6 Å². The smallest absolute Gasteiger partial charge is 0.258 e. The quantitative estimate of drug-likeness (QED) is 0.667. The first-order valence-electron chi connectivity index (χ1n) is 8.75. The van der Waals surface area contributed by atoms with Crippen LogP contribution in [0.25, 0.3) is 0 Å². The van der Waals surface area contributed by atoms with E-state index in [1.807, 2.05) is 13.0 Å². The van der Waals surface area contributed by atoms with Gasteiger partial charge in [0, 0.05) is 17.2 Å². The van der Waals surface area contributed by atoms with Crippen molar-refractivity contribution >= 4 is 23.6 Å². The zero-order chi connectivity index (χ0) is 20.8. The lowest BCUT2D eigenvalue weighted by Gasteiger charge is -2.10. The van der Waals surface area contributed by atoms with Crippen molar-refractivity contribution in [2.24, 2.45) is 0 Å². The van der Waals surface area contributed by atoms with Gasteiger partial charge in [-0.15, -0.1) is 0 Å². The number of aromatic nitrogens is 2. The summed E-state index contributed by atoms with van der Waals surface area (Å²) in [5.41, 5.74) is 1.85. The van der Waals surface area contributed by atoms with Gasteiger partial charge in [0.05, 0.1) is 14.2 Å². The number of amides is 2. The van der Waals surface area contributed by atoms with Crippen molar-refractivity contribution in [3.05, 3.63) is 71.3 Å². The molecule has 2 aromatic carbocycles. The first-order chi connectivity index (χ1) is 14.0. The van der Waals surface area contributed by atoms with Gasteiger partial charge in [-0.3, -0.25) is 14.9 Å². The predicted molar refractivity (Wildman–Crippen MR) is 109 cm³/mol. The lowest BCUT2D eigenvalue weighted by Crippen LogP contribution is -2.17. The van der Waals surface area contributed by atoms with Gasteiger partial charge in [0.1, 0.15) is 11.6 Å². The monoisotopic (exact) mass is 392 g/mol. The van der Waals surface area contributed by atoms with Crippen molar-refractivity contribution in [2.45, 2.75) is 6.92 Å². The first-order valence-corrected chi connectivity index (χ1v) is 8.75. The molecule has 0 aliphatic carbocycles. The highest BCUT2D eigenvalue weighted by Crippen LogP contribution is 2.18. The molecule has 0 bridgehead atoms. The van der Waals surface area contributed by atoms with Crippen LogP contribution < -0.4 is 20.1 Å². The third-order valence-corrected chi connectivity index (χ3v) is 4.01. The number of benzene rings is 2. The number of carbonyl (C=O) groups is 2. The lowest BCUT2D eigenvalue weighted by atomic mass is 10.1. The van der Waals surface area contributed by atoms with Gasteiger partial charge >= 0.3 is 0 Å². The van der Waals surface area contributed by atoms with Crippen LogP contribution in [0, 0.1) is 6.92 Å². The summed E-state index contributed by atoms with van der Waals surface area (Å²) < 4.78 is 10.2. The number of methoxy groups -OCH3 is 2. The van der Waals surface area contributed by atoms with Crippen molar-refractivity contribution in [1.29, 1.82) is 0 Å². The summed E-state index contributed by atoms with van der Waals surface area (Å²) in [5, 5.41) is 5.29. The number of carbonyl (C=O) groups excluding carboxylic acids is 2. The largest absolute Gasteiger partial charge is 0.497 e. The Morgan fingerprint density at radius 1 is 0.828 bits per heavy atom. The highest BCUT2D eigenvalue weighted by atomic mass is 16.5. The number of ether oxygens (including phenoxy) is 2. The number of aryl methyl sites for hydroxylation is 1. The van der Waals surface area contributed by atoms with Crippen LogP contribution in [0.3, 0.4) is 0 Å². The van der Waals surface area contributed by atoms with Gasteiger partial charge in [0.15, 0.2) is 0 Å². The third kappa shape index (κ3) is 5.07. The fourth-order valence-electron chi connectivity index (χ4n) is 2.54. The van der Waals surface area contributed by atoms with Crippen molar-refractivity contribution in [1.82, 2.24) is 9.97 Å². The minimum Gasteiger partial charge on any atom is -0.497 e. The molecule has 0 fully saturated rings. The van der Waals surface area contributed by atoms with Crippen LogP contribution in [-0.4, -0.2) is 36.0 Å². The van der Waals surface area contributed by atoms with Crippen molar-refractivity contribution in [3.8, 4) is 11.6 Å². The zero-order valence-corrected chi connectivity index (χ0v) is 16.2. The van der Waals surface area contributed by atoms with E-state index in [4.69, 9.17) is 9.47 Å². The number of nitrogens with one attached hydrogen (secondary N) is 2. The molecule has 1 heterocycles. The second kappa shape index (κ2) is 8.83. The van der Waals surface area contributed by atoms with Crippen LogP contribution in [0.15, 0.2) is 54.6 Å². The maximum absolute atomic E-state index is 12.5. The van der Waals surface area contributed by atoms with Crippen LogP contribution in [0.5, 0.6) is 11.6 Å². The molecule has 0 radical (unpaired) electrons. The van der Waals surface area contributed by atoms with Crippen molar-refractivity contribution < 1.29 is 19.1 Å². The molecule has 29 heavy (non-hydrogen) atoms. The van der Waals surface area contributed by atoms with Crippen LogP contribution in [0.2, 0.25) is 0 Å². The topological polar surface area (TPSA) is 102 Å². The summed E-state index contributed by atoms with van der Waals surface area (Å²) in [7, 11) is 2.98. The Hall–Kier alpha value is -3.94. The van der Waals surface area contributed by atoms with Gasteiger partial charge in [-0.25, -0.2) is 0 Å². The Bertz CT molecular complexity index is 1040. The number of hydrogen-bond acceptors (Lipinski definition) is 6. The summed E-state index contributed by atoms with van der Waals surface area (Å²) >= 11 is 0. The normalized spacial score (nSPS) is 10.2. The second-order valence-corrected chi connectivity index (χ2v) is 6.13. The Labute approximate surface area is 167 Å². The number of nitrogens with zero attached hydrogens (tertiary/aromatic N) is 2. The maximum atomic E-state index is 12.5. The number of anilines is 2. The molecule has 0 saturated heterocycles. The van der Waals surface area contributed by atoms with Crippen LogP contribution in [0.4, 0.5) is 11.8 Å². The second-order valence-electron chi connectivity index (χ2n) is 6.13. The molecule has 0 aliphatic rings. The molecule has 1 aromatic heterocycles. The molecule has 0 spiro atoms. The Balaban J connectivity index is 1.79. The Kier molecular flexibility index (Phi) is 6.03. The van der Waals surface area contributed by atoms with E-state index >= 15 is 0 Å². The van der Waals surface area contributed by atoms with Gasteiger partial charge in [0.25, 0.3) is 11.8 Å². The molecule has 3 rings (SSSR count). The molecule has 2 N–H and O–H groups in total. The van der Waals surface area contributed by atoms with Crippen LogP contribution in [-0.2, 0) is 0 Å². The van der Waals surface area contributed by atoms with E-state index < -0.39 is 0 Å². The van der Waals surface area contributed by atoms with E-state index in [0.717, 1.165) is 5.56 Å².